The van der Waals surface area contributed by atoms with Gasteiger partial charge in [0, 0.05) is 23.2 Å². The second kappa shape index (κ2) is 12.0. The van der Waals surface area contributed by atoms with Crippen LogP contribution in [-0.2, 0) is 0 Å². The lowest BCUT2D eigenvalue weighted by Crippen LogP contribution is -2.30. The molecule has 4 aromatic carbocycles. The Morgan fingerprint density at radius 2 is 1.12 bits per heavy atom. The van der Waals surface area contributed by atoms with E-state index in [0.29, 0.717) is 21.7 Å². The summed E-state index contributed by atoms with van der Waals surface area (Å²) >= 11 is 0. The summed E-state index contributed by atoms with van der Waals surface area (Å²) < 4.78 is 0. The number of hydrogen-bond donors (Lipinski definition) is 6. The van der Waals surface area contributed by atoms with E-state index in [4.69, 9.17) is 0 Å². The van der Waals surface area contributed by atoms with Gasteiger partial charge in [0.15, 0.2) is 0 Å². The van der Waals surface area contributed by atoms with Gasteiger partial charge in [0.1, 0.15) is 0 Å². The Kier molecular flexibility index (Phi) is 8.24. The first-order valence-corrected chi connectivity index (χ1v) is 13.3. The Morgan fingerprint density at radius 1 is 0.548 bits per heavy atom. The largest absolute Gasteiger partial charge is 0.488 e. The molecule has 0 aliphatic heterocycles. The maximum Gasteiger partial charge on any atom is 0.488 e. The highest BCUT2D eigenvalue weighted by atomic mass is 16.4. The van der Waals surface area contributed by atoms with Gasteiger partial charge in [-0.25, -0.2) is 0 Å². The van der Waals surface area contributed by atoms with Crippen molar-refractivity contribution in [3.63, 3.8) is 0 Å². The van der Waals surface area contributed by atoms with E-state index >= 15 is 0 Å². The number of fused-ring (bicyclic) bond motifs is 2. The predicted octanol–water partition coefficient (Wildman–Crippen LogP) is 2.37. The van der Waals surface area contributed by atoms with Gasteiger partial charge in [0.25, 0.3) is 11.1 Å². The zero-order valence-electron chi connectivity index (χ0n) is 23.0. The molecular formula is C32H28B2N2O6. The van der Waals surface area contributed by atoms with Crippen LogP contribution in [0.25, 0.3) is 43.8 Å². The van der Waals surface area contributed by atoms with Gasteiger partial charge in [-0.1, -0.05) is 54.1 Å². The summed E-state index contributed by atoms with van der Waals surface area (Å²) in [5.74, 6) is 0. The Bertz CT molecular complexity index is 2040. The fraction of sp³-hybridized carbons (Fsp3) is 0.0625. The van der Waals surface area contributed by atoms with Crippen LogP contribution in [0, 0.1) is 13.8 Å². The summed E-state index contributed by atoms with van der Waals surface area (Å²) in [5, 5.41) is 40.3. The number of H-pyrrole nitrogens is 2. The number of hydrogen-bond acceptors (Lipinski definition) is 6. The molecule has 0 fully saturated rings. The summed E-state index contributed by atoms with van der Waals surface area (Å²) in [4.78, 5) is 28.7. The molecular weight excluding hydrogens is 530 g/mol. The van der Waals surface area contributed by atoms with Gasteiger partial charge < -0.3 is 30.1 Å². The number of nitrogens with one attached hydrogen (secondary N) is 2. The van der Waals surface area contributed by atoms with E-state index in [1.807, 2.05) is 62.4 Å². The van der Waals surface area contributed by atoms with Crippen LogP contribution < -0.4 is 22.0 Å². The molecule has 0 aliphatic rings. The van der Waals surface area contributed by atoms with Crippen molar-refractivity contribution in [1.29, 1.82) is 0 Å². The number of benzene rings is 4. The first-order chi connectivity index (χ1) is 20.1. The average molecular weight is 558 g/mol. The first kappa shape index (κ1) is 28.8. The minimum absolute atomic E-state index is 0.115. The third kappa shape index (κ3) is 6.12. The predicted molar refractivity (Wildman–Crippen MR) is 169 cm³/mol. The van der Waals surface area contributed by atoms with Crippen molar-refractivity contribution in [2.75, 3.05) is 0 Å². The molecule has 42 heavy (non-hydrogen) atoms. The van der Waals surface area contributed by atoms with Crippen molar-refractivity contribution in [2.24, 2.45) is 0 Å². The smallest absolute Gasteiger partial charge is 0.423 e. The van der Waals surface area contributed by atoms with E-state index in [1.165, 1.54) is 0 Å². The van der Waals surface area contributed by atoms with Crippen molar-refractivity contribution >= 4 is 46.7 Å². The number of rotatable bonds is 4. The highest BCUT2D eigenvalue weighted by Crippen LogP contribution is 2.26. The van der Waals surface area contributed by atoms with Gasteiger partial charge in [-0.3, -0.25) is 9.59 Å². The molecule has 6 aromatic rings. The molecule has 0 radical (unpaired) electrons. The van der Waals surface area contributed by atoms with Crippen LogP contribution in [0.4, 0.5) is 0 Å². The molecule has 10 heteroatoms. The number of aryl methyl sites for hydroxylation is 2. The second-order valence-electron chi connectivity index (χ2n) is 10.2. The maximum absolute atomic E-state index is 11.7. The van der Waals surface area contributed by atoms with E-state index in [2.05, 4.69) is 9.97 Å². The Hall–Kier alpha value is -4.73. The molecule has 0 unspecified atom stereocenters. The molecule has 6 rings (SSSR count). The van der Waals surface area contributed by atoms with E-state index in [1.54, 1.807) is 48.8 Å². The van der Waals surface area contributed by atoms with Crippen molar-refractivity contribution < 1.29 is 20.1 Å². The topological polar surface area (TPSA) is 147 Å². The molecule has 0 aliphatic carbocycles. The lowest BCUT2D eigenvalue weighted by Gasteiger charge is -2.10. The van der Waals surface area contributed by atoms with E-state index in [9.17, 15) is 29.7 Å². The SMILES string of the molecule is Cc1cc(B(O)O)cc(-c2ccc3c(=O)[nH]ccc3c2)c1.Cc1ccc(B(O)O)cc1-c1ccc2c(=O)[nH]ccc2c1. The summed E-state index contributed by atoms with van der Waals surface area (Å²) in [5.41, 5.74) is 6.32. The Morgan fingerprint density at radius 3 is 1.71 bits per heavy atom. The van der Waals surface area contributed by atoms with Gasteiger partial charge in [0.2, 0.25) is 0 Å². The molecule has 0 amide bonds. The van der Waals surface area contributed by atoms with Crippen LogP contribution >= 0.6 is 0 Å². The van der Waals surface area contributed by atoms with Crippen molar-refractivity contribution in [2.45, 2.75) is 13.8 Å². The van der Waals surface area contributed by atoms with Gasteiger partial charge in [0.05, 0.1) is 0 Å². The number of aromatic amines is 2. The highest BCUT2D eigenvalue weighted by Gasteiger charge is 2.14. The standard InChI is InChI=1S/2C16H14BNO3/c1-10-2-4-13(17(20)21)9-15(10)11-3-5-14-12(8-11)6-7-18-16(14)19;1-10-6-13(9-14(7-10)17(20)21)11-2-3-15-12(8-11)4-5-18-16(15)19/h2*2-9,20-21H,1H3,(H,18,19). The van der Waals surface area contributed by atoms with Crippen molar-refractivity contribution in [3.8, 4) is 22.3 Å². The third-order valence-corrected chi connectivity index (χ3v) is 7.15. The quantitative estimate of drug-likeness (QED) is 0.183. The summed E-state index contributed by atoms with van der Waals surface area (Å²) in [6.07, 6.45) is 3.24. The maximum atomic E-state index is 11.7. The zero-order valence-corrected chi connectivity index (χ0v) is 23.0. The second-order valence-corrected chi connectivity index (χ2v) is 10.2. The summed E-state index contributed by atoms with van der Waals surface area (Å²) in [6, 6.07) is 25.6. The van der Waals surface area contributed by atoms with Gasteiger partial charge in [-0.2, -0.15) is 0 Å². The molecule has 208 valence electrons. The van der Waals surface area contributed by atoms with Crippen LogP contribution in [0.3, 0.4) is 0 Å². The van der Waals surface area contributed by atoms with Crippen LogP contribution in [0.5, 0.6) is 0 Å². The monoisotopic (exact) mass is 558 g/mol. The normalized spacial score (nSPS) is 10.8. The van der Waals surface area contributed by atoms with E-state index in [-0.39, 0.29) is 11.1 Å². The number of pyridine rings is 2. The van der Waals surface area contributed by atoms with Crippen LogP contribution in [0.1, 0.15) is 11.1 Å². The Balaban J connectivity index is 0.000000168. The lowest BCUT2D eigenvalue weighted by atomic mass is 9.78. The molecule has 0 spiro atoms. The minimum Gasteiger partial charge on any atom is -0.423 e. The highest BCUT2D eigenvalue weighted by molar-refractivity contribution is 6.59. The van der Waals surface area contributed by atoms with Crippen LogP contribution in [0.15, 0.2) is 107 Å². The molecule has 0 bridgehead atoms. The van der Waals surface area contributed by atoms with Crippen molar-refractivity contribution in [3.05, 3.63) is 129 Å². The zero-order chi connectivity index (χ0) is 30.0. The molecule has 6 N–H and O–H groups in total. The van der Waals surface area contributed by atoms with Gasteiger partial charge >= 0.3 is 14.2 Å². The Labute approximate surface area is 241 Å². The van der Waals surface area contributed by atoms with Gasteiger partial charge in [-0.05, 0) is 99.8 Å². The van der Waals surface area contributed by atoms with Crippen LogP contribution in [0.2, 0.25) is 0 Å². The molecule has 0 atom stereocenters. The van der Waals surface area contributed by atoms with E-state index < -0.39 is 14.2 Å². The van der Waals surface area contributed by atoms with Crippen molar-refractivity contribution in [1.82, 2.24) is 9.97 Å². The molecule has 2 aromatic heterocycles. The summed E-state index contributed by atoms with van der Waals surface area (Å²) in [6.45, 7) is 3.87. The van der Waals surface area contributed by atoms with E-state index in [0.717, 1.165) is 44.2 Å². The number of aromatic nitrogens is 2. The average Bonchev–Trinajstić information content (AvgIpc) is 2.97. The molecule has 0 saturated carbocycles. The molecule has 2 heterocycles. The minimum atomic E-state index is -1.49. The third-order valence-electron chi connectivity index (χ3n) is 7.15. The summed E-state index contributed by atoms with van der Waals surface area (Å²) in [7, 11) is -2.99. The van der Waals surface area contributed by atoms with Crippen LogP contribution in [-0.4, -0.2) is 44.3 Å². The fourth-order valence-electron chi connectivity index (χ4n) is 4.97. The molecule has 8 nitrogen and oxygen atoms in total. The molecule has 0 saturated heterocycles. The first-order valence-electron chi connectivity index (χ1n) is 13.3. The fourth-order valence-corrected chi connectivity index (χ4v) is 4.97. The van der Waals surface area contributed by atoms with Gasteiger partial charge in [-0.15, -0.1) is 0 Å². The lowest BCUT2D eigenvalue weighted by molar-refractivity contribution is 0.424.